The Morgan fingerprint density at radius 1 is 1.00 bits per heavy atom. The first-order valence-corrected chi connectivity index (χ1v) is 3.01. The molecule has 2 unspecified atom stereocenters. The highest BCUT2D eigenvalue weighted by molar-refractivity contribution is 5.15. The monoisotopic (exact) mass is 190 g/mol. The SMILES string of the molecule is FC1C=CC(F)(F)C(F)C1(F)F. The van der Waals surface area contributed by atoms with Crippen molar-refractivity contribution in [3.63, 3.8) is 0 Å². The predicted octanol–water partition coefficient (Wildman–Crippen LogP) is 2.50. The van der Waals surface area contributed by atoms with Crippen LogP contribution in [0, 0.1) is 0 Å². The van der Waals surface area contributed by atoms with Gasteiger partial charge in [-0.1, -0.05) is 0 Å². The molecule has 0 fully saturated rings. The van der Waals surface area contributed by atoms with Crippen LogP contribution in [0.5, 0.6) is 0 Å². The Hall–Kier alpha value is -0.680. The van der Waals surface area contributed by atoms with Crippen LogP contribution in [0.15, 0.2) is 12.2 Å². The Kier molecular flexibility index (Phi) is 1.88. The predicted molar refractivity (Wildman–Crippen MR) is 28.8 cm³/mol. The molecule has 0 bridgehead atoms. The van der Waals surface area contributed by atoms with Crippen molar-refractivity contribution in [2.24, 2.45) is 0 Å². The number of halogens is 6. The standard InChI is InChI=1S/C6H4F6/c7-3-1-2-5(9,10)4(8)6(3,11)12/h1-4H. The minimum Gasteiger partial charge on any atom is -0.236 e. The molecule has 0 spiro atoms. The smallest absolute Gasteiger partial charge is 0.236 e. The first-order chi connectivity index (χ1) is 5.28. The van der Waals surface area contributed by atoms with E-state index < -0.39 is 24.2 Å². The van der Waals surface area contributed by atoms with Crippen molar-refractivity contribution < 1.29 is 26.3 Å². The van der Waals surface area contributed by atoms with Gasteiger partial charge in [0.25, 0.3) is 0 Å². The van der Waals surface area contributed by atoms with E-state index in [2.05, 4.69) is 0 Å². The average Bonchev–Trinajstić information content (AvgIpc) is 1.96. The van der Waals surface area contributed by atoms with Crippen LogP contribution in [-0.2, 0) is 0 Å². The molecule has 1 rings (SSSR count). The van der Waals surface area contributed by atoms with Crippen molar-refractivity contribution in [3.8, 4) is 0 Å². The molecule has 0 aromatic carbocycles. The molecular weight excluding hydrogens is 186 g/mol. The number of hydrogen-bond acceptors (Lipinski definition) is 0. The van der Waals surface area contributed by atoms with Gasteiger partial charge in [-0.3, -0.25) is 0 Å². The summed E-state index contributed by atoms with van der Waals surface area (Å²) in [6.07, 6.45) is -6.98. The normalized spacial score (nSPS) is 38.2. The van der Waals surface area contributed by atoms with Gasteiger partial charge < -0.3 is 0 Å². The minimum atomic E-state index is -4.64. The molecule has 0 aliphatic heterocycles. The maximum absolute atomic E-state index is 12.2. The lowest BCUT2D eigenvalue weighted by atomic mass is 9.96. The molecule has 0 nitrogen and oxygen atoms in total. The summed E-state index contributed by atoms with van der Waals surface area (Å²) in [5.41, 5.74) is 0. The Bertz CT molecular complexity index is 208. The van der Waals surface area contributed by atoms with E-state index in [-0.39, 0.29) is 12.2 Å². The molecule has 2 atom stereocenters. The van der Waals surface area contributed by atoms with E-state index in [1.54, 1.807) is 0 Å². The van der Waals surface area contributed by atoms with Crippen molar-refractivity contribution in [1.82, 2.24) is 0 Å². The fraction of sp³-hybridized carbons (Fsp3) is 0.667. The van der Waals surface area contributed by atoms with Crippen LogP contribution in [-0.4, -0.2) is 24.2 Å². The molecule has 0 N–H and O–H groups in total. The van der Waals surface area contributed by atoms with Gasteiger partial charge in [0.15, 0.2) is 6.17 Å². The van der Waals surface area contributed by atoms with Gasteiger partial charge in [0.1, 0.15) is 0 Å². The van der Waals surface area contributed by atoms with Gasteiger partial charge in [-0.2, -0.15) is 17.6 Å². The zero-order valence-corrected chi connectivity index (χ0v) is 5.58. The van der Waals surface area contributed by atoms with E-state index >= 15 is 0 Å². The molecule has 0 saturated heterocycles. The fourth-order valence-corrected chi connectivity index (χ4v) is 0.822. The van der Waals surface area contributed by atoms with E-state index in [9.17, 15) is 26.3 Å². The molecule has 6 heteroatoms. The molecule has 12 heavy (non-hydrogen) atoms. The minimum absolute atomic E-state index is 0.0317. The van der Waals surface area contributed by atoms with Gasteiger partial charge in [0.2, 0.25) is 6.17 Å². The molecule has 0 heterocycles. The van der Waals surface area contributed by atoms with Crippen LogP contribution < -0.4 is 0 Å². The molecule has 70 valence electrons. The number of rotatable bonds is 0. The quantitative estimate of drug-likeness (QED) is 0.406. The summed E-state index contributed by atoms with van der Waals surface area (Å²) in [5.74, 6) is -8.93. The largest absolute Gasteiger partial charge is 0.319 e. The van der Waals surface area contributed by atoms with E-state index in [4.69, 9.17) is 0 Å². The zero-order chi connectivity index (χ0) is 9.57. The van der Waals surface area contributed by atoms with Gasteiger partial charge >= 0.3 is 11.8 Å². The highest BCUT2D eigenvalue weighted by Crippen LogP contribution is 2.42. The number of hydrogen-bond donors (Lipinski definition) is 0. The molecule has 0 aromatic rings. The lowest BCUT2D eigenvalue weighted by Gasteiger charge is -2.30. The summed E-state index contributed by atoms with van der Waals surface area (Å²) in [7, 11) is 0. The summed E-state index contributed by atoms with van der Waals surface area (Å²) >= 11 is 0. The highest BCUT2D eigenvalue weighted by Gasteiger charge is 2.61. The maximum Gasteiger partial charge on any atom is 0.319 e. The maximum atomic E-state index is 12.2. The zero-order valence-electron chi connectivity index (χ0n) is 5.58. The molecule has 1 aliphatic carbocycles. The third-order valence-electron chi connectivity index (χ3n) is 1.53. The Morgan fingerprint density at radius 2 is 1.50 bits per heavy atom. The van der Waals surface area contributed by atoms with Gasteiger partial charge in [0, 0.05) is 0 Å². The number of allylic oxidation sites excluding steroid dienone is 2. The summed E-state index contributed by atoms with van der Waals surface area (Å²) < 4.78 is 73.1. The lowest BCUT2D eigenvalue weighted by molar-refractivity contribution is -0.189. The van der Waals surface area contributed by atoms with E-state index in [0.29, 0.717) is 0 Å². The van der Waals surface area contributed by atoms with Crippen LogP contribution in [0.1, 0.15) is 0 Å². The number of alkyl halides is 6. The summed E-state index contributed by atoms with van der Waals surface area (Å²) in [5, 5.41) is 0. The molecule has 0 saturated carbocycles. The highest BCUT2D eigenvalue weighted by atomic mass is 19.3. The van der Waals surface area contributed by atoms with Crippen molar-refractivity contribution >= 4 is 0 Å². The average molecular weight is 190 g/mol. The second kappa shape index (κ2) is 2.40. The fourth-order valence-electron chi connectivity index (χ4n) is 0.822. The molecule has 1 aliphatic rings. The third kappa shape index (κ3) is 1.19. The second-order valence-electron chi connectivity index (χ2n) is 2.47. The summed E-state index contributed by atoms with van der Waals surface area (Å²) in [4.78, 5) is 0. The van der Waals surface area contributed by atoms with Crippen LogP contribution >= 0.6 is 0 Å². The van der Waals surface area contributed by atoms with Gasteiger partial charge in [-0.25, -0.2) is 8.78 Å². The Balaban J connectivity index is 3.02. The van der Waals surface area contributed by atoms with Gasteiger partial charge in [0.05, 0.1) is 0 Å². The van der Waals surface area contributed by atoms with Crippen LogP contribution in [0.2, 0.25) is 0 Å². The molecule has 0 amide bonds. The molecular formula is C6H4F6. The Morgan fingerprint density at radius 3 is 1.92 bits per heavy atom. The van der Waals surface area contributed by atoms with Crippen molar-refractivity contribution in [2.75, 3.05) is 0 Å². The second-order valence-corrected chi connectivity index (χ2v) is 2.47. The van der Waals surface area contributed by atoms with Gasteiger partial charge in [-0.05, 0) is 12.2 Å². The van der Waals surface area contributed by atoms with Gasteiger partial charge in [-0.15, -0.1) is 0 Å². The third-order valence-corrected chi connectivity index (χ3v) is 1.53. The first-order valence-electron chi connectivity index (χ1n) is 3.01. The Labute approximate surface area is 63.9 Å². The summed E-state index contributed by atoms with van der Waals surface area (Å²) in [6.45, 7) is 0. The topological polar surface area (TPSA) is 0 Å². The van der Waals surface area contributed by atoms with E-state index in [1.807, 2.05) is 0 Å². The first kappa shape index (κ1) is 9.41. The molecule has 0 aromatic heterocycles. The van der Waals surface area contributed by atoms with E-state index in [0.717, 1.165) is 0 Å². The lowest BCUT2D eigenvalue weighted by Crippen LogP contribution is -2.51. The van der Waals surface area contributed by atoms with E-state index in [1.165, 1.54) is 0 Å². The van der Waals surface area contributed by atoms with Crippen molar-refractivity contribution in [3.05, 3.63) is 12.2 Å². The summed E-state index contributed by atoms with van der Waals surface area (Å²) in [6, 6.07) is 0. The van der Waals surface area contributed by atoms with Crippen LogP contribution in [0.4, 0.5) is 26.3 Å². The van der Waals surface area contributed by atoms with Crippen molar-refractivity contribution in [2.45, 2.75) is 24.2 Å². The van der Waals surface area contributed by atoms with Crippen molar-refractivity contribution in [1.29, 1.82) is 0 Å². The van der Waals surface area contributed by atoms with Crippen LogP contribution in [0.25, 0.3) is 0 Å². The molecule has 0 radical (unpaired) electrons. The van der Waals surface area contributed by atoms with Crippen LogP contribution in [0.3, 0.4) is 0 Å².